The van der Waals surface area contributed by atoms with E-state index in [4.69, 9.17) is 5.73 Å². The molecule has 0 unspecified atom stereocenters. The van der Waals surface area contributed by atoms with Crippen LogP contribution in [0.2, 0.25) is 0 Å². The Hall–Kier alpha value is -0.960. The quantitative estimate of drug-likeness (QED) is 0.593. The van der Waals surface area contributed by atoms with Gasteiger partial charge in [0.15, 0.2) is 0 Å². The van der Waals surface area contributed by atoms with E-state index in [1.165, 1.54) is 0 Å². The molecule has 0 heterocycles. The minimum absolute atomic E-state index is 0.181. The van der Waals surface area contributed by atoms with Crippen LogP contribution >= 0.6 is 11.8 Å². The summed E-state index contributed by atoms with van der Waals surface area (Å²) >= 11 is 1.62. The molecule has 1 rings (SSSR count). The number of nitrogen functional groups attached to an aromatic ring is 1. The molecule has 0 saturated carbocycles. The Morgan fingerprint density at radius 1 is 1.54 bits per heavy atom. The fraction of sp³-hybridized carbons (Fsp3) is 0.300. The zero-order valence-corrected chi connectivity index (χ0v) is 8.65. The number of carbonyl (C=O) groups is 1. The van der Waals surface area contributed by atoms with Gasteiger partial charge in [0, 0.05) is 17.0 Å². The second kappa shape index (κ2) is 4.33. The summed E-state index contributed by atoms with van der Waals surface area (Å²) in [6.45, 7) is 1.60. The summed E-state index contributed by atoms with van der Waals surface area (Å²) in [5.74, 6) is 0.181. The van der Waals surface area contributed by atoms with E-state index in [1.54, 1.807) is 18.7 Å². The molecule has 2 nitrogen and oxygen atoms in total. The summed E-state index contributed by atoms with van der Waals surface area (Å²) in [6, 6.07) is 5.66. The zero-order valence-electron chi connectivity index (χ0n) is 7.83. The van der Waals surface area contributed by atoms with Crippen molar-refractivity contribution in [3.63, 3.8) is 0 Å². The van der Waals surface area contributed by atoms with E-state index in [9.17, 15) is 4.79 Å². The number of anilines is 1. The third kappa shape index (κ3) is 2.77. The number of rotatable bonds is 3. The molecule has 13 heavy (non-hydrogen) atoms. The molecule has 2 N–H and O–H groups in total. The number of thioether (sulfide) groups is 1. The Balaban J connectivity index is 2.99. The molecule has 0 atom stereocenters. The van der Waals surface area contributed by atoms with Gasteiger partial charge in [-0.15, -0.1) is 11.8 Å². The van der Waals surface area contributed by atoms with Crippen LogP contribution in [0, 0.1) is 0 Å². The van der Waals surface area contributed by atoms with Gasteiger partial charge < -0.3 is 5.73 Å². The van der Waals surface area contributed by atoms with E-state index >= 15 is 0 Å². The minimum atomic E-state index is 0.181. The lowest BCUT2D eigenvalue weighted by atomic mass is 10.1. The van der Waals surface area contributed by atoms with Gasteiger partial charge in [-0.1, -0.05) is 6.07 Å². The first-order valence-corrected chi connectivity index (χ1v) is 5.28. The summed E-state index contributed by atoms with van der Waals surface area (Å²) in [4.78, 5) is 12.0. The summed E-state index contributed by atoms with van der Waals surface area (Å²) in [6.07, 6.45) is 2.48. The second-order valence-corrected chi connectivity index (χ2v) is 3.80. The van der Waals surface area contributed by atoms with Crippen LogP contribution in [0.3, 0.4) is 0 Å². The maximum absolute atomic E-state index is 10.9. The third-order valence-electron chi connectivity index (χ3n) is 1.75. The lowest BCUT2D eigenvalue weighted by molar-refractivity contribution is -0.116. The molecule has 0 amide bonds. The van der Waals surface area contributed by atoms with Crippen LogP contribution in [-0.4, -0.2) is 12.0 Å². The molecular weight excluding hydrogens is 182 g/mol. The smallest absolute Gasteiger partial charge is 0.134 e. The topological polar surface area (TPSA) is 43.1 Å². The van der Waals surface area contributed by atoms with Crippen LogP contribution in [0.15, 0.2) is 23.1 Å². The summed E-state index contributed by atoms with van der Waals surface area (Å²) < 4.78 is 0. The summed E-state index contributed by atoms with van der Waals surface area (Å²) in [5, 5.41) is 0. The Labute approximate surface area is 82.5 Å². The largest absolute Gasteiger partial charge is 0.399 e. The fourth-order valence-electron chi connectivity index (χ4n) is 1.18. The van der Waals surface area contributed by atoms with Gasteiger partial charge in [-0.3, -0.25) is 4.79 Å². The van der Waals surface area contributed by atoms with E-state index in [1.807, 2.05) is 24.5 Å². The van der Waals surface area contributed by atoms with Crippen LogP contribution in [0.1, 0.15) is 12.5 Å². The fourth-order valence-corrected chi connectivity index (χ4v) is 1.83. The van der Waals surface area contributed by atoms with Crippen molar-refractivity contribution in [3.8, 4) is 0 Å². The Bertz CT molecular complexity index is 323. The number of benzene rings is 1. The number of hydrogen-bond acceptors (Lipinski definition) is 3. The lowest BCUT2D eigenvalue weighted by Crippen LogP contribution is -1.98. The molecular formula is C10H13NOS. The minimum Gasteiger partial charge on any atom is -0.399 e. The van der Waals surface area contributed by atoms with Gasteiger partial charge >= 0.3 is 0 Å². The average molecular weight is 195 g/mol. The van der Waals surface area contributed by atoms with Gasteiger partial charge in [0.1, 0.15) is 5.78 Å². The van der Waals surface area contributed by atoms with Crippen molar-refractivity contribution >= 4 is 23.2 Å². The molecule has 0 aliphatic carbocycles. The highest BCUT2D eigenvalue weighted by Crippen LogP contribution is 2.23. The van der Waals surface area contributed by atoms with Crippen molar-refractivity contribution in [2.24, 2.45) is 0 Å². The van der Waals surface area contributed by atoms with E-state index < -0.39 is 0 Å². The molecule has 1 aromatic carbocycles. The van der Waals surface area contributed by atoms with Crippen molar-refractivity contribution in [1.29, 1.82) is 0 Å². The highest BCUT2D eigenvalue weighted by Gasteiger charge is 2.04. The van der Waals surface area contributed by atoms with Crippen LogP contribution in [0.5, 0.6) is 0 Å². The van der Waals surface area contributed by atoms with Crippen molar-refractivity contribution < 1.29 is 4.79 Å². The van der Waals surface area contributed by atoms with E-state index in [-0.39, 0.29) is 5.78 Å². The van der Waals surface area contributed by atoms with E-state index in [0.717, 1.165) is 16.1 Å². The Morgan fingerprint density at radius 3 is 2.77 bits per heavy atom. The maximum atomic E-state index is 10.9. The van der Waals surface area contributed by atoms with Crippen molar-refractivity contribution in [2.45, 2.75) is 18.2 Å². The number of carbonyl (C=O) groups excluding carboxylic acids is 1. The van der Waals surface area contributed by atoms with Crippen molar-refractivity contribution in [2.75, 3.05) is 12.0 Å². The molecule has 0 aromatic heterocycles. The zero-order chi connectivity index (χ0) is 9.84. The van der Waals surface area contributed by atoms with Gasteiger partial charge in [-0.05, 0) is 30.9 Å². The maximum Gasteiger partial charge on any atom is 0.134 e. The number of ketones is 1. The first-order chi connectivity index (χ1) is 6.13. The van der Waals surface area contributed by atoms with Gasteiger partial charge in [-0.25, -0.2) is 0 Å². The molecule has 0 bridgehead atoms. The molecule has 3 heteroatoms. The normalized spacial score (nSPS) is 10.0. The standard InChI is InChI=1S/C10H13NOS/c1-7(12)5-8-3-4-9(11)6-10(8)13-2/h3-4,6H,5,11H2,1-2H3. The second-order valence-electron chi connectivity index (χ2n) is 2.95. The van der Waals surface area contributed by atoms with E-state index in [0.29, 0.717) is 6.42 Å². The first-order valence-electron chi connectivity index (χ1n) is 4.05. The third-order valence-corrected chi connectivity index (χ3v) is 2.57. The van der Waals surface area contributed by atoms with Gasteiger partial charge in [0.05, 0.1) is 0 Å². The number of Topliss-reactive ketones (excluding diaryl/α,β-unsaturated/α-hetero) is 1. The molecule has 1 aromatic rings. The van der Waals surface area contributed by atoms with Crippen LogP contribution < -0.4 is 5.73 Å². The highest BCUT2D eigenvalue weighted by atomic mass is 32.2. The molecule has 0 aliphatic rings. The molecule has 0 saturated heterocycles. The SMILES string of the molecule is CSc1cc(N)ccc1CC(C)=O. The predicted molar refractivity (Wildman–Crippen MR) is 57.0 cm³/mol. The van der Waals surface area contributed by atoms with Crippen LogP contribution in [0.4, 0.5) is 5.69 Å². The number of nitrogens with two attached hydrogens (primary N) is 1. The molecule has 0 radical (unpaired) electrons. The molecule has 0 fully saturated rings. The summed E-state index contributed by atoms with van der Waals surface area (Å²) in [7, 11) is 0. The van der Waals surface area contributed by atoms with Gasteiger partial charge in [-0.2, -0.15) is 0 Å². The first kappa shape index (κ1) is 10.1. The van der Waals surface area contributed by atoms with E-state index in [2.05, 4.69) is 0 Å². The van der Waals surface area contributed by atoms with Gasteiger partial charge in [0.25, 0.3) is 0 Å². The monoisotopic (exact) mass is 195 g/mol. The number of hydrogen-bond donors (Lipinski definition) is 1. The molecule has 0 spiro atoms. The highest BCUT2D eigenvalue weighted by molar-refractivity contribution is 7.98. The predicted octanol–water partition coefficient (Wildman–Crippen LogP) is 2.12. The van der Waals surface area contributed by atoms with Gasteiger partial charge in [0.2, 0.25) is 0 Å². The van der Waals surface area contributed by atoms with Crippen molar-refractivity contribution in [3.05, 3.63) is 23.8 Å². The van der Waals surface area contributed by atoms with Crippen molar-refractivity contribution in [1.82, 2.24) is 0 Å². The van der Waals surface area contributed by atoms with Crippen LogP contribution in [0.25, 0.3) is 0 Å². The molecule has 70 valence electrons. The summed E-state index contributed by atoms with van der Waals surface area (Å²) in [5.41, 5.74) is 7.45. The Morgan fingerprint density at radius 2 is 2.23 bits per heavy atom. The Kier molecular flexibility index (Phi) is 3.37. The average Bonchev–Trinajstić information content (AvgIpc) is 2.07. The van der Waals surface area contributed by atoms with Crippen LogP contribution in [-0.2, 0) is 11.2 Å². The molecule has 0 aliphatic heterocycles. The lowest BCUT2D eigenvalue weighted by Gasteiger charge is -2.05.